The van der Waals surface area contributed by atoms with Crippen LogP contribution in [-0.2, 0) is 9.47 Å². The lowest BCUT2D eigenvalue weighted by Gasteiger charge is -2.22. The monoisotopic (exact) mass is 442 g/mol. The zero-order valence-electron chi connectivity index (χ0n) is 17.8. The molecule has 1 saturated heterocycles. The number of fused-ring (bicyclic) bond motifs is 1. The minimum Gasteiger partial charge on any atom is -0.444 e. The van der Waals surface area contributed by atoms with Crippen molar-refractivity contribution >= 4 is 34.7 Å². The van der Waals surface area contributed by atoms with Crippen LogP contribution in [0.1, 0.15) is 43.3 Å². The lowest BCUT2D eigenvalue weighted by atomic mass is 10.1. The van der Waals surface area contributed by atoms with Crippen LogP contribution >= 0.6 is 11.3 Å². The molecule has 9 heteroatoms. The third kappa shape index (κ3) is 5.23. The van der Waals surface area contributed by atoms with Gasteiger partial charge in [0.05, 0.1) is 27.3 Å². The fourth-order valence-electron chi connectivity index (χ4n) is 3.35. The molecule has 3 aromatic heterocycles. The Morgan fingerprint density at radius 2 is 1.97 bits per heavy atom. The van der Waals surface area contributed by atoms with E-state index in [1.807, 2.05) is 43.4 Å². The quantitative estimate of drug-likeness (QED) is 0.628. The van der Waals surface area contributed by atoms with E-state index in [1.165, 1.54) is 11.3 Å². The van der Waals surface area contributed by atoms with Crippen molar-refractivity contribution < 1.29 is 19.1 Å². The Morgan fingerprint density at radius 3 is 2.71 bits per heavy atom. The van der Waals surface area contributed by atoms with Crippen LogP contribution < -0.4 is 10.6 Å². The topological polar surface area (TPSA) is 94.0 Å². The second-order valence-corrected chi connectivity index (χ2v) is 9.52. The molecule has 0 unspecified atom stereocenters. The van der Waals surface area contributed by atoms with Crippen LogP contribution in [-0.4, -0.2) is 46.2 Å². The fourth-order valence-corrected chi connectivity index (χ4v) is 4.27. The van der Waals surface area contributed by atoms with Crippen molar-refractivity contribution in [2.24, 2.45) is 0 Å². The molecule has 3 aromatic rings. The smallest absolute Gasteiger partial charge is 0.412 e. The van der Waals surface area contributed by atoms with Crippen LogP contribution in [0.5, 0.6) is 0 Å². The van der Waals surface area contributed by atoms with Crippen molar-refractivity contribution in [3.63, 3.8) is 0 Å². The van der Waals surface area contributed by atoms with Gasteiger partial charge in [-0.1, -0.05) is 0 Å². The molecular formula is C22H26N4O4S. The molecule has 0 aliphatic carbocycles. The van der Waals surface area contributed by atoms with Crippen molar-refractivity contribution in [2.75, 3.05) is 18.5 Å². The minimum absolute atomic E-state index is 0.0655. The van der Waals surface area contributed by atoms with E-state index in [1.54, 1.807) is 18.5 Å². The highest BCUT2D eigenvalue weighted by Crippen LogP contribution is 2.30. The maximum absolute atomic E-state index is 12.6. The minimum atomic E-state index is -0.576. The molecule has 8 nitrogen and oxygen atoms in total. The number of carbonyl (C=O) groups is 2. The van der Waals surface area contributed by atoms with Crippen LogP contribution in [0.3, 0.4) is 0 Å². The van der Waals surface area contributed by atoms with Crippen molar-refractivity contribution in [2.45, 2.75) is 45.3 Å². The third-order valence-corrected chi connectivity index (χ3v) is 5.90. The van der Waals surface area contributed by atoms with E-state index in [4.69, 9.17) is 9.47 Å². The van der Waals surface area contributed by atoms with Gasteiger partial charge in [0.2, 0.25) is 0 Å². The maximum atomic E-state index is 12.6. The molecule has 0 saturated carbocycles. The number of ether oxygens (including phenoxy) is 2. The van der Waals surface area contributed by atoms with Crippen molar-refractivity contribution in [3.8, 4) is 10.6 Å². The molecule has 0 spiro atoms. The lowest BCUT2D eigenvalue weighted by molar-refractivity contribution is 0.0634. The predicted molar refractivity (Wildman–Crippen MR) is 120 cm³/mol. The molecule has 0 radical (unpaired) electrons. The van der Waals surface area contributed by atoms with Crippen LogP contribution in [0, 0.1) is 0 Å². The molecule has 1 fully saturated rings. The zero-order chi connectivity index (χ0) is 22.0. The number of anilines is 1. The number of nitrogens with one attached hydrogen (secondary N) is 2. The first-order chi connectivity index (χ1) is 14.8. The molecule has 31 heavy (non-hydrogen) atoms. The van der Waals surface area contributed by atoms with Gasteiger partial charge >= 0.3 is 6.09 Å². The summed E-state index contributed by atoms with van der Waals surface area (Å²) in [6, 6.07) is 7.50. The number of thiophene rings is 1. The summed E-state index contributed by atoms with van der Waals surface area (Å²) >= 11 is 1.41. The first-order valence-electron chi connectivity index (χ1n) is 10.2. The summed E-state index contributed by atoms with van der Waals surface area (Å²) in [4.78, 5) is 30.7. The molecule has 4 rings (SSSR count). The Morgan fingerprint density at radius 1 is 1.19 bits per heavy atom. The molecule has 164 valence electrons. The molecule has 0 bridgehead atoms. The molecule has 1 aliphatic heterocycles. The fraction of sp³-hybridized carbons (Fsp3) is 0.409. The van der Waals surface area contributed by atoms with Crippen molar-refractivity contribution in [1.29, 1.82) is 0 Å². The van der Waals surface area contributed by atoms with E-state index in [9.17, 15) is 9.59 Å². The summed E-state index contributed by atoms with van der Waals surface area (Å²) in [7, 11) is 0. The largest absolute Gasteiger partial charge is 0.444 e. The van der Waals surface area contributed by atoms with E-state index < -0.39 is 11.7 Å². The first kappa shape index (κ1) is 21.3. The second-order valence-electron chi connectivity index (χ2n) is 8.44. The van der Waals surface area contributed by atoms with Gasteiger partial charge in [-0.2, -0.15) is 0 Å². The molecule has 4 heterocycles. The number of nitrogens with zero attached hydrogens (tertiary/aromatic N) is 2. The normalized spacial score (nSPS) is 15.1. The van der Waals surface area contributed by atoms with E-state index in [2.05, 4.69) is 15.6 Å². The van der Waals surface area contributed by atoms with Gasteiger partial charge in [0, 0.05) is 25.5 Å². The number of pyridine rings is 1. The molecule has 0 aromatic carbocycles. The number of aromatic nitrogens is 2. The lowest BCUT2D eigenvalue weighted by Crippen LogP contribution is -2.38. The third-order valence-electron chi connectivity index (χ3n) is 4.79. The SMILES string of the molecule is CC(C)(C)OC(=O)Nc1ccc2ncc(-c3ccc(C(=O)NC4CCOCC4)s3)n2c1. The number of hydrogen-bond donors (Lipinski definition) is 2. The van der Waals surface area contributed by atoms with E-state index in [0.717, 1.165) is 29.1 Å². The summed E-state index contributed by atoms with van der Waals surface area (Å²) in [6.45, 7) is 6.81. The number of imidazole rings is 1. The Labute approximate surface area is 184 Å². The van der Waals surface area contributed by atoms with Crippen molar-refractivity contribution in [1.82, 2.24) is 14.7 Å². The van der Waals surface area contributed by atoms with Gasteiger partial charge in [0.15, 0.2) is 0 Å². The van der Waals surface area contributed by atoms with Gasteiger partial charge in [-0.15, -0.1) is 11.3 Å². The Kier molecular flexibility index (Phi) is 5.97. The summed E-state index contributed by atoms with van der Waals surface area (Å²) in [5.74, 6) is -0.0655. The molecule has 1 aliphatic rings. The number of hydrogen-bond acceptors (Lipinski definition) is 6. The Bertz CT molecular complexity index is 1090. The van der Waals surface area contributed by atoms with Crippen LogP contribution in [0.2, 0.25) is 0 Å². The number of rotatable bonds is 4. The first-order valence-corrected chi connectivity index (χ1v) is 11.1. The zero-order valence-corrected chi connectivity index (χ0v) is 18.6. The van der Waals surface area contributed by atoms with E-state index >= 15 is 0 Å². The molecule has 2 amide bonds. The predicted octanol–water partition coefficient (Wildman–Crippen LogP) is 4.32. The highest BCUT2D eigenvalue weighted by Gasteiger charge is 2.20. The average Bonchev–Trinajstić information content (AvgIpc) is 3.34. The van der Waals surface area contributed by atoms with Gasteiger partial charge in [0.1, 0.15) is 11.2 Å². The number of amides is 2. The van der Waals surface area contributed by atoms with E-state index in [-0.39, 0.29) is 11.9 Å². The molecule has 2 N–H and O–H groups in total. The Balaban J connectivity index is 1.51. The van der Waals surface area contributed by atoms with Gasteiger partial charge in [-0.25, -0.2) is 9.78 Å². The Hall–Kier alpha value is -2.91. The average molecular weight is 443 g/mol. The van der Waals surface area contributed by atoms with Crippen LogP contribution in [0.25, 0.3) is 16.2 Å². The maximum Gasteiger partial charge on any atom is 0.412 e. The van der Waals surface area contributed by atoms with Gasteiger partial charge in [-0.3, -0.25) is 14.5 Å². The highest BCUT2D eigenvalue weighted by atomic mass is 32.1. The summed E-state index contributed by atoms with van der Waals surface area (Å²) in [5, 5.41) is 5.84. The van der Waals surface area contributed by atoms with Gasteiger partial charge in [0.25, 0.3) is 5.91 Å². The van der Waals surface area contributed by atoms with Crippen LogP contribution in [0.15, 0.2) is 36.7 Å². The summed E-state index contributed by atoms with van der Waals surface area (Å²) < 4.78 is 12.6. The highest BCUT2D eigenvalue weighted by molar-refractivity contribution is 7.17. The van der Waals surface area contributed by atoms with Crippen LogP contribution in [0.4, 0.5) is 10.5 Å². The summed E-state index contributed by atoms with van der Waals surface area (Å²) in [5.41, 5.74) is 1.60. The second kappa shape index (κ2) is 8.68. The van der Waals surface area contributed by atoms with Gasteiger partial charge < -0.3 is 14.8 Å². The van der Waals surface area contributed by atoms with Gasteiger partial charge in [-0.05, 0) is 57.9 Å². The van der Waals surface area contributed by atoms with E-state index in [0.29, 0.717) is 23.8 Å². The molecular weight excluding hydrogens is 416 g/mol. The summed E-state index contributed by atoms with van der Waals surface area (Å²) in [6.07, 6.45) is 4.72. The number of carbonyl (C=O) groups excluding carboxylic acids is 2. The standard InChI is InChI=1S/C22H26N4O4S/c1-22(2,3)30-21(28)25-15-4-7-19-23-12-16(26(19)13-15)17-5-6-18(31-17)20(27)24-14-8-10-29-11-9-14/h4-7,12-14H,8-11H2,1-3H3,(H,24,27)(H,25,28). The molecule has 0 atom stereocenters. The van der Waals surface area contributed by atoms with Crippen molar-refractivity contribution in [3.05, 3.63) is 41.5 Å².